The fraction of sp³-hybridized carbons (Fsp3) is 0.529. The molecule has 0 saturated heterocycles. The largest absolute Gasteiger partial charge is 0.462 e. The second-order valence-electron chi connectivity index (χ2n) is 5.33. The Morgan fingerprint density at radius 2 is 2.14 bits per heavy atom. The van der Waals surface area contributed by atoms with E-state index in [1.54, 1.807) is 12.3 Å². The second-order valence-corrected chi connectivity index (χ2v) is 5.33. The van der Waals surface area contributed by atoms with Gasteiger partial charge in [-0.05, 0) is 51.2 Å². The van der Waals surface area contributed by atoms with E-state index < -0.39 is 0 Å². The van der Waals surface area contributed by atoms with Gasteiger partial charge in [-0.1, -0.05) is 12.2 Å². The minimum absolute atomic E-state index is 0.275. The normalized spacial score (nSPS) is 17.5. The molecule has 0 aliphatic heterocycles. The van der Waals surface area contributed by atoms with Crippen molar-refractivity contribution < 1.29 is 9.53 Å². The van der Waals surface area contributed by atoms with Crippen LogP contribution in [0.5, 0.6) is 0 Å². The molecule has 0 N–H and O–H groups in total. The van der Waals surface area contributed by atoms with Crippen LogP contribution >= 0.6 is 0 Å². The standard InChI is InChI=1S/C17H24N2O2/c1-3-19(4-2)16-11-10-15(12-18-16)17(20)21-13-14-8-6-5-7-9-14/h5-6,10-12,14H,3-4,7-9,13H2,1-2H3. The minimum Gasteiger partial charge on any atom is -0.462 e. The van der Waals surface area contributed by atoms with Gasteiger partial charge in [-0.3, -0.25) is 0 Å². The molecule has 4 heteroatoms. The van der Waals surface area contributed by atoms with Crippen molar-refractivity contribution in [2.45, 2.75) is 33.1 Å². The average molecular weight is 288 g/mol. The highest BCUT2D eigenvalue weighted by molar-refractivity contribution is 5.89. The van der Waals surface area contributed by atoms with E-state index in [4.69, 9.17) is 4.74 Å². The molecule has 0 spiro atoms. The lowest BCUT2D eigenvalue weighted by atomic mass is 9.95. The van der Waals surface area contributed by atoms with Crippen LogP contribution in [0.15, 0.2) is 30.5 Å². The van der Waals surface area contributed by atoms with Crippen LogP contribution in [-0.4, -0.2) is 30.6 Å². The predicted molar refractivity (Wildman–Crippen MR) is 84.6 cm³/mol. The molecule has 1 aromatic rings. The molecule has 21 heavy (non-hydrogen) atoms. The summed E-state index contributed by atoms with van der Waals surface area (Å²) in [7, 11) is 0. The first-order chi connectivity index (χ1) is 10.2. The molecule has 1 unspecified atom stereocenters. The van der Waals surface area contributed by atoms with Crippen LogP contribution in [0.2, 0.25) is 0 Å². The number of anilines is 1. The fourth-order valence-corrected chi connectivity index (χ4v) is 2.53. The van der Waals surface area contributed by atoms with Crippen LogP contribution < -0.4 is 4.90 Å². The van der Waals surface area contributed by atoms with Crippen molar-refractivity contribution in [3.63, 3.8) is 0 Å². The zero-order chi connectivity index (χ0) is 15.1. The molecule has 2 rings (SSSR count). The molecule has 0 aromatic carbocycles. The fourth-order valence-electron chi connectivity index (χ4n) is 2.53. The zero-order valence-electron chi connectivity index (χ0n) is 12.9. The molecule has 4 nitrogen and oxygen atoms in total. The lowest BCUT2D eigenvalue weighted by molar-refractivity contribution is 0.0432. The molecule has 1 aliphatic carbocycles. The van der Waals surface area contributed by atoms with E-state index in [2.05, 4.69) is 35.9 Å². The highest BCUT2D eigenvalue weighted by Gasteiger charge is 2.14. The summed E-state index contributed by atoms with van der Waals surface area (Å²) in [5, 5.41) is 0. The maximum absolute atomic E-state index is 12.0. The van der Waals surface area contributed by atoms with Gasteiger partial charge in [0.15, 0.2) is 0 Å². The molecular formula is C17H24N2O2. The van der Waals surface area contributed by atoms with Crippen molar-refractivity contribution in [1.82, 2.24) is 4.98 Å². The van der Waals surface area contributed by atoms with Gasteiger partial charge in [-0.15, -0.1) is 0 Å². The number of nitrogens with zero attached hydrogens (tertiary/aromatic N) is 2. The number of rotatable bonds is 6. The third kappa shape index (κ3) is 4.31. The maximum atomic E-state index is 12.0. The summed E-state index contributed by atoms with van der Waals surface area (Å²) in [6.07, 6.45) is 9.16. The van der Waals surface area contributed by atoms with Crippen LogP contribution in [0.25, 0.3) is 0 Å². The topological polar surface area (TPSA) is 42.4 Å². The quantitative estimate of drug-likeness (QED) is 0.594. The molecular weight excluding hydrogens is 264 g/mol. The van der Waals surface area contributed by atoms with Gasteiger partial charge in [0.05, 0.1) is 12.2 Å². The van der Waals surface area contributed by atoms with Crippen molar-refractivity contribution >= 4 is 11.8 Å². The van der Waals surface area contributed by atoms with Gasteiger partial charge in [0.2, 0.25) is 0 Å². The van der Waals surface area contributed by atoms with Crippen LogP contribution in [0, 0.1) is 5.92 Å². The van der Waals surface area contributed by atoms with Crippen LogP contribution in [0.3, 0.4) is 0 Å². The number of carbonyl (C=O) groups is 1. The summed E-state index contributed by atoms with van der Waals surface area (Å²) < 4.78 is 5.39. The number of ether oxygens (including phenoxy) is 1. The maximum Gasteiger partial charge on any atom is 0.339 e. The molecule has 1 atom stereocenters. The zero-order valence-corrected chi connectivity index (χ0v) is 12.9. The van der Waals surface area contributed by atoms with Crippen molar-refractivity contribution in [3.8, 4) is 0 Å². The molecule has 0 radical (unpaired) electrons. The van der Waals surface area contributed by atoms with Gasteiger partial charge < -0.3 is 9.64 Å². The lowest BCUT2D eigenvalue weighted by Gasteiger charge is -2.20. The summed E-state index contributed by atoms with van der Waals surface area (Å²) >= 11 is 0. The predicted octanol–water partition coefficient (Wildman–Crippen LogP) is 3.44. The Labute approximate surface area is 126 Å². The molecule has 1 aromatic heterocycles. The summed E-state index contributed by atoms with van der Waals surface area (Å²) in [5.74, 6) is 1.08. The SMILES string of the molecule is CCN(CC)c1ccc(C(=O)OCC2CC=CCC2)cn1. The third-order valence-electron chi connectivity index (χ3n) is 3.90. The number of hydrogen-bond acceptors (Lipinski definition) is 4. The average Bonchev–Trinajstić information content (AvgIpc) is 2.55. The van der Waals surface area contributed by atoms with Gasteiger partial charge in [-0.25, -0.2) is 9.78 Å². The minimum atomic E-state index is -0.275. The number of allylic oxidation sites excluding steroid dienone is 2. The third-order valence-corrected chi connectivity index (χ3v) is 3.90. The van der Waals surface area contributed by atoms with Crippen molar-refractivity contribution in [3.05, 3.63) is 36.0 Å². The molecule has 0 amide bonds. The van der Waals surface area contributed by atoms with E-state index in [0.717, 1.165) is 38.2 Å². The highest BCUT2D eigenvalue weighted by Crippen LogP contribution is 2.19. The van der Waals surface area contributed by atoms with E-state index in [1.807, 2.05) is 6.07 Å². The smallest absolute Gasteiger partial charge is 0.339 e. The molecule has 1 aliphatic rings. The van der Waals surface area contributed by atoms with E-state index >= 15 is 0 Å². The van der Waals surface area contributed by atoms with Crippen LogP contribution in [0.4, 0.5) is 5.82 Å². The molecule has 0 bridgehead atoms. The molecule has 0 saturated carbocycles. The first-order valence-electron chi connectivity index (χ1n) is 7.77. The number of pyridine rings is 1. The number of esters is 1. The Kier molecular flexibility index (Phi) is 5.78. The van der Waals surface area contributed by atoms with Gasteiger partial charge in [0.1, 0.15) is 5.82 Å². The van der Waals surface area contributed by atoms with Gasteiger partial charge in [0.25, 0.3) is 0 Å². The van der Waals surface area contributed by atoms with Crippen molar-refractivity contribution in [2.75, 3.05) is 24.6 Å². The summed E-state index contributed by atoms with van der Waals surface area (Å²) in [6.45, 7) is 6.49. The second kappa shape index (κ2) is 7.81. The number of hydrogen-bond donors (Lipinski definition) is 0. The number of aromatic nitrogens is 1. The number of carbonyl (C=O) groups excluding carboxylic acids is 1. The Bertz CT molecular complexity index is 478. The van der Waals surface area contributed by atoms with Crippen LogP contribution in [-0.2, 0) is 4.74 Å². The monoisotopic (exact) mass is 288 g/mol. The van der Waals surface area contributed by atoms with Gasteiger partial charge >= 0.3 is 5.97 Å². The van der Waals surface area contributed by atoms with Gasteiger partial charge in [-0.2, -0.15) is 0 Å². The Hall–Kier alpha value is -1.84. The van der Waals surface area contributed by atoms with Crippen LogP contribution in [0.1, 0.15) is 43.5 Å². The summed E-state index contributed by atoms with van der Waals surface area (Å²) in [4.78, 5) is 18.5. The highest BCUT2D eigenvalue weighted by atomic mass is 16.5. The van der Waals surface area contributed by atoms with E-state index in [1.165, 1.54) is 0 Å². The Morgan fingerprint density at radius 1 is 1.33 bits per heavy atom. The van der Waals surface area contributed by atoms with E-state index in [9.17, 15) is 4.79 Å². The summed E-state index contributed by atoms with van der Waals surface area (Å²) in [5.41, 5.74) is 0.525. The Balaban J connectivity index is 1.88. The van der Waals surface area contributed by atoms with E-state index in [-0.39, 0.29) is 5.97 Å². The first-order valence-corrected chi connectivity index (χ1v) is 7.77. The Morgan fingerprint density at radius 3 is 2.71 bits per heavy atom. The lowest BCUT2D eigenvalue weighted by Crippen LogP contribution is -2.23. The van der Waals surface area contributed by atoms with Crippen molar-refractivity contribution in [2.24, 2.45) is 5.92 Å². The van der Waals surface area contributed by atoms with Gasteiger partial charge in [0, 0.05) is 19.3 Å². The van der Waals surface area contributed by atoms with Crippen molar-refractivity contribution in [1.29, 1.82) is 0 Å². The molecule has 0 fully saturated rings. The van der Waals surface area contributed by atoms with E-state index in [0.29, 0.717) is 18.1 Å². The first kappa shape index (κ1) is 15.5. The summed E-state index contributed by atoms with van der Waals surface area (Å²) in [6, 6.07) is 3.68. The molecule has 114 valence electrons. The molecule has 1 heterocycles.